The molecule has 356 valence electrons. The van der Waals surface area contributed by atoms with Crippen molar-refractivity contribution >= 4 is 39.8 Å². The number of phenolic OH excluding ortho intramolecular Hbond substituents is 6. The van der Waals surface area contributed by atoms with Crippen molar-refractivity contribution < 1.29 is 30.6 Å². The van der Waals surface area contributed by atoms with Gasteiger partial charge in [-0.1, -0.05) is 6.07 Å². The van der Waals surface area contributed by atoms with Crippen LogP contribution in [0.3, 0.4) is 0 Å². The lowest BCUT2D eigenvalue weighted by atomic mass is 10.1. The van der Waals surface area contributed by atoms with E-state index in [4.69, 9.17) is 0 Å². The van der Waals surface area contributed by atoms with Gasteiger partial charge in [0.1, 0.15) is 34.5 Å². The molecule has 69 heavy (non-hydrogen) atoms. The number of nitriles is 1. The summed E-state index contributed by atoms with van der Waals surface area (Å²) in [5.41, 5.74) is 18.2. The van der Waals surface area contributed by atoms with Gasteiger partial charge in [-0.25, -0.2) is 0 Å². The molecule has 14 nitrogen and oxygen atoms in total. The number of hydrogen-bond acceptors (Lipinski definition) is 14. The van der Waals surface area contributed by atoms with E-state index in [0.717, 1.165) is 0 Å². The minimum Gasteiger partial charge on any atom is -0.507 e. The second-order valence-corrected chi connectivity index (χ2v) is 18.0. The highest BCUT2D eigenvalue weighted by molar-refractivity contribution is 5.78. The highest BCUT2D eigenvalue weighted by atomic mass is 16.3. The highest BCUT2D eigenvalue weighted by Crippen LogP contribution is 2.43. The highest BCUT2D eigenvalue weighted by Gasteiger charge is 2.37. The molecule has 0 fully saturated rings. The van der Waals surface area contributed by atoms with Gasteiger partial charge >= 0.3 is 0 Å². The smallest absolute Gasteiger partial charge is 0.121 e. The van der Waals surface area contributed by atoms with E-state index in [1.165, 1.54) is 0 Å². The third kappa shape index (κ3) is 9.53. The summed E-state index contributed by atoms with van der Waals surface area (Å²) >= 11 is 0. The molecule has 0 saturated carbocycles. The molecule has 14 heteroatoms. The first-order valence-electron chi connectivity index (χ1n) is 22.4. The number of aryl methyl sites for hydroxylation is 12. The molecule has 0 aliphatic carbocycles. The summed E-state index contributed by atoms with van der Waals surface area (Å²) in [6.45, 7) is 21.7. The summed E-state index contributed by atoms with van der Waals surface area (Å²) in [4.78, 5) is 0. The first kappa shape index (κ1) is 48.4. The molecule has 0 radical (unpaired) electrons. The van der Waals surface area contributed by atoms with Crippen molar-refractivity contribution in [3.05, 3.63) is 169 Å². The fourth-order valence-corrected chi connectivity index (χ4v) is 8.54. The number of aromatic hydroxyl groups is 6. The first-order valence-corrected chi connectivity index (χ1v) is 22.4. The maximum absolute atomic E-state index is 11.5. The van der Waals surface area contributed by atoms with Crippen molar-refractivity contribution in [2.24, 2.45) is 0 Å². The number of nitrogens with zero attached hydrogens (tertiary/aromatic N) is 6. The van der Waals surface area contributed by atoms with Crippen LogP contribution in [0.4, 0.5) is 39.8 Å². The summed E-state index contributed by atoms with van der Waals surface area (Å²) in [6.07, 6.45) is 0. The average molecular weight is 929 g/mol. The van der Waals surface area contributed by atoms with Gasteiger partial charge < -0.3 is 30.6 Å². The lowest BCUT2D eigenvalue weighted by Crippen LogP contribution is -2.68. The van der Waals surface area contributed by atoms with E-state index in [9.17, 15) is 35.9 Å². The Morgan fingerprint density at radius 2 is 0.594 bits per heavy atom. The van der Waals surface area contributed by atoms with E-state index in [1.807, 2.05) is 163 Å². The molecule has 7 aromatic carbocycles. The Bertz CT molecular complexity index is 3040. The second kappa shape index (κ2) is 19.0. The molecule has 7 aromatic rings. The molecular formula is C55H60N8O6. The third-order valence-corrected chi connectivity index (χ3v) is 12.3. The van der Waals surface area contributed by atoms with Crippen LogP contribution in [-0.2, 0) is 0 Å². The number of nitrogens with one attached hydrogen (secondary N) is 2. The van der Waals surface area contributed by atoms with Crippen molar-refractivity contribution in [1.82, 2.24) is 0 Å². The van der Waals surface area contributed by atoms with Gasteiger partial charge in [-0.15, -0.1) is 0 Å². The summed E-state index contributed by atoms with van der Waals surface area (Å²) in [5.74, 6) is 0.653. The predicted molar refractivity (Wildman–Crippen MR) is 276 cm³/mol. The minimum absolute atomic E-state index is 0.0901. The summed E-state index contributed by atoms with van der Waals surface area (Å²) in [6, 6.07) is 31.3. The van der Waals surface area contributed by atoms with Gasteiger partial charge in [-0.2, -0.15) is 30.9 Å². The van der Waals surface area contributed by atoms with E-state index in [-0.39, 0.29) is 34.5 Å². The van der Waals surface area contributed by atoms with Crippen LogP contribution in [0.15, 0.2) is 97.1 Å². The molecular weight excluding hydrogens is 869 g/mol. The van der Waals surface area contributed by atoms with Crippen LogP contribution >= 0.6 is 0 Å². The van der Waals surface area contributed by atoms with Crippen LogP contribution in [0.5, 0.6) is 34.5 Å². The lowest BCUT2D eigenvalue weighted by Gasteiger charge is -2.52. The van der Waals surface area contributed by atoms with Crippen molar-refractivity contribution in [2.75, 3.05) is 36.4 Å². The van der Waals surface area contributed by atoms with Crippen molar-refractivity contribution in [3.63, 3.8) is 0 Å². The quantitative estimate of drug-likeness (QED) is 0.0403. The number of hydrogen-bond donors (Lipinski definition) is 8. The number of rotatable bonds is 13. The van der Waals surface area contributed by atoms with Crippen LogP contribution < -0.4 is 36.4 Å². The topological polar surface area (TPSA) is 185 Å². The Labute approximate surface area is 403 Å². The van der Waals surface area contributed by atoms with Gasteiger partial charge in [0.25, 0.3) is 0 Å². The number of hydrazine groups is 6. The fraction of sp³-hybridized carbons (Fsp3) is 0.218. The van der Waals surface area contributed by atoms with Gasteiger partial charge in [0.15, 0.2) is 0 Å². The van der Waals surface area contributed by atoms with E-state index in [2.05, 4.69) is 16.9 Å². The van der Waals surface area contributed by atoms with Crippen LogP contribution in [0, 0.1) is 94.4 Å². The summed E-state index contributed by atoms with van der Waals surface area (Å²) in [5, 5.41) is 87.0. The molecule has 8 N–H and O–H groups in total. The Balaban J connectivity index is 1.72. The Hall–Kier alpha value is -8.57. The van der Waals surface area contributed by atoms with Crippen LogP contribution in [0.2, 0.25) is 0 Å². The van der Waals surface area contributed by atoms with Crippen molar-refractivity contribution in [1.29, 1.82) is 5.26 Å². The normalized spacial score (nSPS) is 10.9. The third-order valence-electron chi connectivity index (χ3n) is 12.3. The molecule has 0 spiro atoms. The molecule has 0 atom stereocenters. The Kier molecular flexibility index (Phi) is 13.3. The summed E-state index contributed by atoms with van der Waals surface area (Å²) < 4.78 is 0. The van der Waals surface area contributed by atoms with Crippen molar-refractivity contribution in [2.45, 2.75) is 83.1 Å². The average Bonchev–Trinajstić information content (AvgIpc) is 3.30. The minimum atomic E-state index is 0.0901. The van der Waals surface area contributed by atoms with Crippen LogP contribution in [0.1, 0.15) is 72.3 Å². The predicted octanol–water partition coefficient (Wildman–Crippen LogP) is 12.0. The zero-order chi connectivity index (χ0) is 50.3. The van der Waals surface area contributed by atoms with E-state index < -0.39 is 0 Å². The number of anilines is 7. The van der Waals surface area contributed by atoms with E-state index >= 15 is 0 Å². The maximum Gasteiger partial charge on any atom is 0.121 e. The monoisotopic (exact) mass is 928 g/mol. The molecule has 0 aliphatic heterocycles. The Morgan fingerprint density at radius 1 is 0.333 bits per heavy atom. The first-order chi connectivity index (χ1) is 32.6. The molecule has 0 amide bonds. The molecule has 0 aliphatic rings. The van der Waals surface area contributed by atoms with Crippen LogP contribution in [-0.4, -0.2) is 30.6 Å². The van der Waals surface area contributed by atoms with Gasteiger partial charge in [-0.3, -0.25) is 10.9 Å². The van der Waals surface area contributed by atoms with Crippen molar-refractivity contribution in [3.8, 4) is 40.6 Å². The van der Waals surface area contributed by atoms with Crippen LogP contribution in [0.25, 0.3) is 0 Å². The molecule has 0 heterocycles. The number of benzene rings is 7. The zero-order valence-electron chi connectivity index (χ0n) is 41.1. The molecule has 0 bridgehead atoms. The molecule has 0 unspecified atom stereocenters. The number of phenols is 6. The van der Waals surface area contributed by atoms with Gasteiger partial charge in [0.05, 0.1) is 51.4 Å². The van der Waals surface area contributed by atoms with E-state index in [0.29, 0.717) is 112 Å². The van der Waals surface area contributed by atoms with Gasteiger partial charge in [-0.05, 0) is 241 Å². The standard InChI is InChI=1S/C55H60N8O6/c1-30-16-44(17-31(2)50(30)64)58-60(46-20-34(5)52(66)35(6)21-46)62(48-24-38(9)54(68)39(10)25-48)63(49-26-40(11)55(69)41(12)27-49)61(47-22-36(7)53(67)37(8)23-47)59(45-18-32(3)51(65)33(4)19-45)57-43-15-13-14-42(28-43)29-56/h13-28,57-58,64-69H,1-12H3. The second-order valence-electron chi connectivity index (χ2n) is 18.0. The zero-order valence-corrected chi connectivity index (χ0v) is 41.1. The maximum atomic E-state index is 11.5. The van der Waals surface area contributed by atoms with E-state index in [1.54, 1.807) is 42.3 Å². The SMILES string of the molecule is Cc1cc(NN(c2cc(C)c(O)c(C)c2)N(c2cc(C)c(O)c(C)c2)N(c2cc(C)c(O)c(C)c2)N(c2cc(C)c(O)c(C)c2)N(Nc2cccc(C#N)c2)c2cc(C)c(O)c(C)c2)cc(C)c1O. The van der Waals surface area contributed by atoms with Gasteiger partial charge in [0.2, 0.25) is 0 Å². The Morgan fingerprint density at radius 3 is 0.899 bits per heavy atom. The molecule has 7 rings (SSSR count). The van der Waals surface area contributed by atoms with Gasteiger partial charge in [0, 0.05) is 0 Å². The summed E-state index contributed by atoms with van der Waals surface area (Å²) in [7, 11) is 0. The molecule has 0 aromatic heterocycles. The largest absolute Gasteiger partial charge is 0.507 e. The lowest BCUT2D eigenvalue weighted by molar-refractivity contribution is 0.465. The fourth-order valence-electron chi connectivity index (χ4n) is 8.54. The molecule has 0 saturated heterocycles.